The van der Waals surface area contributed by atoms with Gasteiger partial charge in [-0.05, 0) is 23.8 Å². The predicted octanol–water partition coefficient (Wildman–Crippen LogP) is 3.73. The van der Waals surface area contributed by atoms with Gasteiger partial charge in [0.25, 0.3) is 0 Å². The fourth-order valence-electron chi connectivity index (χ4n) is 2.18. The molecule has 0 radical (unpaired) electrons. The van der Waals surface area contributed by atoms with Crippen molar-refractivity contribution in [2.75, 3.05) is 0 Å². The lowest BCUT2D eigenvalue weighted by Gasteiger charge is -2.18. The van der Waals surface area contributed by atoms with Crippen LogP contribution >= 0.6 is 24.2 Å². The molecule has 3 aromatic carbocycles. The molecule has 0 fully saturated rings. The van der Waals surface area contributed by atoms with Gasteiger partial charge in [0.15, 0.2) is 0 Å². The summed E-state index contributed by atoms with van der Waals surface area (Å²) in [4.78, 5) is 0. The molecule has 1 nitrogen and oxygen atoms in total. The zero-order valence-electron chi connectivity index (χ0n) is 11.4. The number of rotatable bonds is 3. The number of benzene rings is 3. The standard InChI is InChI=1S/C18H15P.BrHO/c1-4-10-16(11-5-1)19(17-12-6-2-7-13-17)18-14-8-3-9-15-18;1-2/h1-15H;2H. The maximum atomic E-state index is 6.81. The SMILES string of the molecule is OBr.c1ccc(P(c2ccccc2)c2ccccc2)cc1. The molecule has 0 bridgehead atoms. The van der Waals surface area contributed by atoms with Crippen molar-refractivity contribution < 1.29 is 4.20 Å². The van der Waals surface area contributed by atoms with Crippen molar-refractivity contribution in [1.29, 1.82) is 0 Å². The van der Waals surface area contributed by atoms with Crippen LogP contribution in [0.4, 0.5) is 0 Å². The molecule has 0 spiro atoms. The van der Waals surface area contributed by atoms with Crippen molar-refractivity contribution in [3.8, 4) is 0 Å². The Kier molecular flexibility index (Phi) is 6.62. The van der Waals surface area contributed by atoms with Gasteiger partial charge in [-0.3, -0.25) is 0 Å². The summed E-state index contributed by atoms with van der Waals surface area (Å²) in [5.41, 5.74) is 0. The third-order valence-corrected chi connectivity index (χ3v) is 5.49. The van der Waals surface area contributed by atoms with E-state index in [1.165, 1.54) is 15.9 Å². The molecular weight excluding hydrogens is 343 g/mol. The number of hydrogen-bond acceptors (Lipinski definition) is 1. The number of halogens is 1. The van der Waals surface area contributed by atoms with E-state index in [-0.39, 0.29) is 0 Å². The van der Waals surface area contributed by atoms with Gasteiger partial charge in [-0.15, -0.1) is 0 Å². The lowest BCUT2D eigenvalue weighted by atomic mass is 10.4. The molecule has 0 saturated heterocycles. The van der Waals surface area contributed by atoms with E-state index >= 15 is 0 Å². The van der Waals surface area contributed by atoms with Crippen LogP contribution in [0.15, 0.2) is 91.0 Å². The van der Waals surface area contributed by atoms with Crippen molar-refractivity contribution >= 4 is 40.1 Å². The molecule has 21 heavy (non-hydrogen) atoms. The van der Waals surface area contributed by atoms with Gasteiger partial charge < -0.3 is 4.20 Å². The first-order valence-corrected chi connectivity index (χ1v) is 8.62. The van der Waals surface area contributed by atoms with Crippen molar-refractivity contribution in [2.24, 2.45) is 0 Å². The summed E-state index contributed by atoms with van der Waals surface area (Å²) >= 11 is 1.94. The normalized spacial score (nSPS) is 9.86. The summed E-state index contributed by atoms with van der Waals surface area (Å²) in [5.74, 6) is 0. The fraction of sp³-hybridized carbons (Fsp3) is 0. The van der Waals surface area contributed by atoms with Gasteiger partial charge in [-0.1, -0.05) is 91.0 Å². The van der Waals surface area contributed by atoms with E-state index < -0.39 is 7.92 Å². The molecule has 0 heterocycles. The molecular formula is C18H16BrOP. The monoisotopic (exact) mass is 358 g/mol. The third-order valence-electron chi connectivity index (χ3n) is 3.04. The second kappa shape index (κ2) is 8.74. The summed E-state index contributed by atoms with van der Waals surface area (Å²) < 4.78 is 6.81. The minimum Gasteiger partial charge on any atom is -0.324 e. The Bertz CT molecular complexity index is 535. The van der Waals surface area contributed by atoms with Crippen LogP contribution in [0, 0.1) is 0 Å². The van der Waals surface area contributed by atoms with E-state index in [4.69, 9.17) is 4.20 Å². The maximum Gasteiger partial charge on any atom is 0.0957 e. The average Bonchev–Trinajstić information content (AvgIpc) is 2.60. The smallest absolute Gasteiger partial charge is 0.0957 e. The van der Waals surface area contributed by atoms with E-state index in [1.807, 2.05) is 16.3 Å². The van der Waals surface area contributed by atoms with Gasteiger partial charge in [0.1, 0.15) is 0 Å². The molecule has 106 valence electrons. The van der Waals surface area contributed by atoms with E-state index in [0.717, 1.165) is 0 Å². The van der Waals surface area contributed by atoms with Gasteiger partial charge in [-0.2, -0.15) is 0 Å². The first-order chi connectivity index (χ1) is 10.4. The van der Waals surface area contributed by atoms with Crippen LogP contribution in [0.3, 0.4) is 0 Å². The van der Waals surface area contributed by atoms with E-state index in [1.54, 1.807) is 0 Å². The van der Waals surface area contributed by atoms with Crippen LogP contribution in [0.2, 0.25) is 0 Å². The Hall–Kier alpha value is -1.47. The molecule has 3 heteroatoms. The molecule has 0 amide bonds. The summed E-state index contributed by atoms with van der Waals surface area (Å²) in [6, 6.07) is 32.3. The van der Waals surface area contributed by atoms with Crippen LogP contribution in [-0.2, 0) is 0 Å². The largest absolute Gasteiger partial charge is 0.324 e. The molecule has 0 aliphatic carbocycles. The highest BCUT2D eigenvalue weighted by molar-refractivity contribution is 9.05. The Balaban J connectivity index is 0.000000774. The summed E-state index contributed by atoms with van der Waals surface area (Å²) in [7, 11) is -0.446. The molecule has 3 aromatic rings. The third kappa shape index (κ3) is 4.25. The minimum absolute atomic E-state index is 0.446. The quantitative estimate of drug-likeness (QED) is 0.707. The van der Waals surface area contributed by atoms with Gasteiger partial charge in [0, 0.05) is 0 Å². The molecule has 3 rings (SSSR count). The van der Waals surface area contributed by atoms with E-state index in [0.29, 0.717) is 0 Å². The first kappa shape index (κ1) is 15.9. The van der Waals surface area contributed by atoms with Crippen LogP contribution in [0.5, 0.6) is 0 Å². The Morgan fingerprint density at radius 1 is 0.476 bits per heavy atom. The van der Waals surface area contributed by atoms with Crippen molar-refractivity contribution in [3.63, 3.8) is 0 Å². The van der Waals surface area contributed by atoms with Gasteiger partial charge in [0.05, 0.1) is 16.3 Å². The zero-order valence-corrected chi connectivity index (χ0v) is 13.9. The lowest BCUT2D eigenvalue weighted by Crippen LogP contribution is -2.20. The molecule has 0 aromatic heterocycles. The average molecular weight is 359 g/mol. The zero-order chi connectivity index (χ0) is 14.9. The highest BCUT2D eigenvalue weighted by atomic mass is 79.9. The van der Waals surface area contributed by atoms with Gasteiger partial charge in [-0.25, -0.2) is 0 Å². The van der Waals surface area contributed by atoms with Crippen LogP contribution in [0.25, 0.3) is 0 Å². The van der Waals surface area contributed by atoms with Gasteiger partial charge >= 0.3 is 0 Å². The second-order valence-electron chi connectivity index (χ2n) is 4.34. The Morgan fingerprint density at radius 2 is 0.714 bits per heavy atom. The summed E-state index contributed by atoms with van der Waals surface area (Å²) in [5, 5.41) is 4.19. The molecule has 0 saturated carbocycles. The first-order valence-electron chi connectivity index (χ1n) is 6.57. The van der Waals surface area contributed by atoms with E-state index in [2.05, 4.69) is 91.0 Å². The van der Waals surface area contributed by atoms with Crippen LogP contribution in [0.1, 0.15) is 0 Å². The fourth-order valence-corrected chi connectivity index (χ4v) is 4.48. The molecule has 1 N–H and O–H groups in total. The molecule has 0 atom stereocenters. The van der Waals surface area contributed by atoms with E-state index in [9.17, 15) is 0 Å². The van der Waals surface area contributed by atoms with Crippen molar-refractivity contribution in [3.05, 3.63) is 91.0 Å². The van der Waals surface area contributed by atoms with Gasteiger partial charge in [0.2, 0.25) is 0 Å². The highest BCUT2D eigenvalue weighted by Gasteiger charge is 2.14. The predicted molar refractivity (Wildman–Crippen MR) is 96.3 cm³/mol. The Morgan fingerprint density at radius 3 is 0.952 bits per heavy atom. The molecule has 0 unspecified atom stereocenters. The van der Waals surface area contributed by atoms with Crippen LogP contribution < -0.4 is 15.9 Å². The minimum atomic E-state index is -0.446. The highest BCUT2D eigenvalue weighted by Crippen LogP contribution is 2.32. The summed E-state index contributed by atoms with van der Waals surface area (Å²) in [6.45, 7) is 0. The second-order valence-corrected chi connectivity index (χ2v) is 6.56. The Labute approximate surface area is 135 Å². The van der Waals surface area contributed by atoms with Crippen LogP contribution in [-0.4, -0.2) is 4.20 Å². The molecule has 0 aliphatic heterocycles. The molecule has 0 aliphatic rings. The topological polar surface area (TPSA) is 20.2 Å². The number of hydrogen-bond donors (Lipinski definition) is 1. The van der Waals surface area contributed by atoms with Crippen molar-refractivity contribution in [1.82, 2.24) is 0 Å². The summed E-state index contributed by atoms with van der Waals surface area (Å²) in [6.07, 6.45) is 0. The maximum absolute atomic E-state index is 6.81. The van der Waals surface area contributed by atoms with Crippen molar-refractivity contribution in [2.45, 2.75) is 0 Å². The lowest BCUT2D eigenvalue weighted by molar-refractivity contribution is 0.702.